The van der Waals surface area contributed by atoms with Crippen molar-refractivity contribution in [3.05, 3.63) is 40.3 Å². The van der Waals surface area contributed by atoms with Gasteiger partial charge in [0.15, 0.2) is 5.01 Å². The van der Waals surface area contributed by atoms with Crippen LogP contribution in [0.3, 0.4) is 0 Å². The largest absolute Gasteiger partial charge is 0.371 e. The van der Waals surface area contributed by atoms with E-state index in [0.29, 0.717) is 16.3 Å². The zero-order valence-corrected chi connectivity index (χ0v) is 13.4. The molecule has 0 atom stereocenters. The van der Waals surface area contributed by atoms with Crippen LogP contribution in [0.2, 0.25) is 0 Å². The second-order valence-electron chi connectivity index (χ2n) is 5.44. The van der Waals surface area contributed by atoms with E-state index in [1.165, 1.54) is 17.8 Å². The monoisotopic (exact) mass is 330 g/mol. The lowest BCUT2D eigenvalue weighted by Gasteiger charge is -2.30. The Morgan fingerprint density at radius 3 is 2.65 bits per heavy atom. The van der Waals surface area contributed by atoms with Gasteiger partial charge in [0.25, 0.3) is 11.8 Å². The number of hydrogen-bond acceptors (Lipinski definition) is 5. The Kier molecular flexibility index (Phi) is 4.57. The molecule has 1 fully saturated rings. The molecule has 0 radical (unpaired) electrons. The lowest BCUT2D eigenvalue weighted by molar-refractivity contribution is 0.0998. The molecule has 0 saturated carbocycles. The molecule has 2 aromatic rings. The molecule has 1 aliphatic heterocycles. The zero-order chi connectivity index (χ0) is 16.2. The molecular formula is C16H18N4O2S. The van der Waals surface area contributed by atoms with Gasteiger partial charge in [-0.2, -0.15) is 0 Å². The fraction of sp³-hybridized carbons (Fsp3) is 0.312. The first-order chi connectivity index (χ1) is 11.1. The minimum Gasteiger partial charge on any atom is -0.371 e. The first kappa shape index (κ1) is 15.5. The summed E-state index contributed by atoms with van der Waals surface area (Å²) in [7, 11) is 0. The number of hydrogen-bond donors (Lipinski definition) is 2. The molecule has 3 rings (SSSR count). The van der Waals surface area contributed by atoms with Gasteiger partial charge in [-0.05, 0) is 37.5 Å². The average molecular weight is 330 g/mol. The number of amides is 2. The second kappa shape index (κ2) is 6.78. The normalized spacial score (nSPS) is 14.5. The molecule has 2 amide bonds. The van der Waals surface area contributed by atoms with Crippen molar-refractivity contribution in [2.75, 3.05) is 23.3 Å². The van der Waals surface area contributed by atoms with E-state index >= 15 is 0 Å². The molecule has 1 aromatic carbocycles. The van der Waals surface area contributed by atoms with E-state index in [1.54, 1.807) is 23.7 Å². The molecule has 120 valence electrons. The van der Waals surface area contributed by atoms with E-state index in [9.17, 15) is 9.59 Å². The first-order valence-electron chi connectivity index (χ1n) is 7.55. The van der Waals surface area contributed by atoms with E-state index in [0.717, 1.165) is 31.6 Å². The molecule has 0 aliphatic carbocycles. The van der Waals surface area contributed by atoms with Crippen molar-refractivity contribution < 1.29 is 9.59 Å². The number of carbonyl (C=O) groups excluding carboxylic acids is 2. The van der Waals surface area contributed by atoms with Gasteiger partial charge in [0.2, 0.25) is 0 Å². The smallest absolute Gasteiger partial charge is 0.284 e. The molecule has 3 N–H and O–H groups in total. The molecule has 6 nitrogen and oxygen atoms in total. The van der Waals surface area contributed by atoms with Crippen molar-refractivity contribution >= 4 is 34.5 Å². The standard InChI is InChI=1S/C16H18N4O2S/c17-14(21)12-5-4-11(19-15(22)16-18-6-9-23-16)10-13(12)20-7-2-1-3-8-20/h4-6,9-10H,1-3,7-8H2,(H2,17,21)(H,19,22). The van der Waals surface area contributed by atoms with E-state index in [2.05, 4.69) is 15.2 Å². The average Bonchev–Trinajstić information content (AvgIpc) is 3.10. The van der Waals surface area contributed by atoms with Crippen molar-refractivity contribution in [1.82, 2.24) is 4.98 Å². The molecular weight excluding hydrogens is 312 g/mol. The maximum atomic E-state index is 12.1. The zero-order valence-electron chi connectivity index (χ0n) is 12.6. The molecule has 0 bridgehead atoms. The van der Waals surface area contributed by atoms with Crippen LogP contribution in [0.1, 0.15) is 39.4 Å². The lowest BCUT2D eigenvalue weighted by Crippen LogP contribution is -2.31. The van der Waals surface area contributed by atoms with E-state index in [1.807, 2.05) is 6.07 Å². The van der Waals surface area contributed by atoms with Crippen molar-refractivity contribution in [3.63, 3.8) is 0 Å². The number of thiazole rings is 1. The minimum atomic E-state index is -0.455. The van der Waals surface area contributed by atoms with Gasteiger partial charge in [-0.15, -0.1) is 11.3 Å². The lowest BCUT2D eigenvalue weighted by atomic mass is 10.1. The van der Waals surface area contributed by atoms with Crippen LogP contribution in [-0.2, 0) is 0 Å². The number of piperidine rings is 1. The third-order valence-electron chi connectivity index (χ3n) is 3.84. The van der Waals surface area contributed by atoms with E-state index in [4.69, 9.17) is 5.73 Å². The van der Waals surface area contributed by atoms with Crippen LogP contribution in [0.15, 0.2) is 29.8 Å². The number of benzene rings is 1. The minimum absolute atomic E-state index is 0.253. The maximum Gasteiger partial charge on any atom is 0.284 e. The Morgan fingerprint density at radius 1 is 1.22 bits per heavy atom. The van der Waals surface area contributed by atoms with Gasteiger partial charge < -0.3 is 16.0 Å². The SMILES string of the molecule is NC(=O)c1ccc(NC(=O)c2nccs2)cc1N1CCCCC1. The van der Waals surface area contributed by atoms with Gasteiger partial charge in [-0.25, -0.2) is 4.98 Å². The van der Waals surface area contributed by atoms with Crippen molar-refractivity contribution in [3.8, 4) is 0 Å². The van der Waals surface area contributed by atoms with Gasteiger partial charge in [0.1, 0.15) is 0 Å². The van der Waals surface area contributed by atoms with Gasteiger partial charge in [-0.3, -0.25) is 9.59 Å². The summed E-state index contributed by atoms with van der Waals surface area (Å²) in [5.74, 6) is -0.709. The summed E-state index contributed by atoms with van der Waals surface area (Å²) in [6.07, 6.45) is 4.97. The fourth-order valence-corrected chi connectivity index (χ4v) is 3.26. The molecule has 1 saturated heterocycles. The Labute approximate surface area is 138 Å². The molecule has 1 aliphatic rings. The quantitative estimate of drug-likeness (QED) is 0.901. The van der Waals surface area contributed by atoms with Crippen LogP contribution >= 0.6 is 11.3 Å². The summed E-state index contributed by atoms with van der Waals surface area (Å²) in [6.45, 7) is 1.79. The van der Waals surface area contributed by atoms with Gasteiger partial charge in [0, 0.05) is 30.4 Å². The van der Waals surface area contributed by atoms with Crippen molar-refractivity contribution in [2.45, 2.75) is 19.3 Å². The summed E-state index contributed by atoms with van der Waals surface area (Å²) in [4.78, 5) is 29.9. The van der Waals surface area contributed by atoms with Crippen LogP contribution < -0.4 is 16.0 Å². The van der Waals surface area contributed by atoms with Crippen molar-refractivity contribution in [1.29, 1.82) is 0 Å². The second-order valence-corrected chi connectivity index (χ2v) is 6.33. The summed E-state index contributed by atoms with van der Waals surface area (Å²) in [5, 5.41) is 4.98. The predicted molar refractivity (Wildman–Crippen MR) is 91.1 cm³/mol. The highest BCUT2D eigenvalue weighted by Crippen LogP contribution is 2.27. The van der Waals surface area contributed by atoms with E-state index in [-0.39, 0.29) is 5.91 Å². The highest BCUT2D eigenvalue weighted by molar-refractivity contribution is 7.11. The number of carbonyl (C=O) groups is 2. The van der Waals surface area contributed by atoms with Crippen LogP contribution in [-0.4, -0.2) is 29.9 Å². The Hall–Kier alpha value is -2.41. The summed E-state index contributed by atoms with van der Waals surface area (Å²) in [5.41, 5.74) is 7.40. The van der Waals surface area contributed by atoms with Gasteiger partial charge in [0.05, 0.1) is 11.3 Å². The third-order valence-corrected chi connectivity index (χ3v) is 4.62. The number of primary amides is 1. The summed E-state index contributed by atoms with van der Waals surface area (Å²) >= 11 is 1.28. The Bertz CT molecular complexity index is 709. The summed E-state index contributed by atoms with van der Waals surface area (Å²) in [6, 6.07) is 5.18. The Morgan fingerprint density at radius 2 is 2.00 bits per heavy atom. The molecule has 23 heavy (non-hydrogen) atoms. The molecule has 7 heteroatoms. The molecule has 1 aromatic heterocycles. The summed E-state index contributed by atoms with van der Waals surface area (Å²) < 4.78 is 0. The Balaban J connectivity index is 1.87. The maximum absolute atomic E-state index is 12.1. The topological polar surface area (TPSA) is 88.3 Å². The van der Waals surface area contributed by atoms with Crippen molar-refractivity contribution in [2.24, 2.45) is 5.73 Å². The first-order valence-corrected chi connectivity index (χ1v) is 8.43. The fourth-order valence-electron chi connectivity index (χ4n) is 2.73. The molecule has 2 heterocycles. The highest BCUT2D eigenvalue weighted by atomic mass is 32.1. The van der Waals surface area contributed by atoms with Crippen LogP contribution in [0.25, 0.3) is 0 Å². The molecule has 0 spiro atoms. The number of aromatic nitrogens is 1. The van der Waals surface area contributed by atoms with Crippen LogP contribution in [0, 0.1) is 0 Å². The highest BCUT2D eigenvalue weighted by Gasteiger charge is 2.18. The molecule has 0 unspecified atom stereocenters. The number of nitrogens with two attached hydrogens (primary N) is 1. The number of nitrogens with one attached hydrogen (secondary N) is 1. The number of rotatable bonds is 4. The number of nitrogens with zero attached hydrogens (tertiary/aromatic N) is 2. The van der Waals surface area contributed by atoms with Gasteiger partial charge in [-0.1, -0.05) is 0 Å². The van der Waals surface area contributed by atoms with Crippen LogP contribution in [0.4, 0.5) is 11.4 Å². The third kappa shape index (κ3) is 3.50. The van der Waals surface area contributed by atoms with E-state index < -0.39 is 5.91 Å². The number of anilines is 2. The predicted octanol–water partition coefficient (Wildman–Crippen LogP) is 2.48. The van der Waals surface area contributed by atoms with Crippen LogP contribution in [0.5, 0.6) is 0 Å². The van der Waals surface area contributed by atoms with Gasteiger partial charge >= 0.3 is 0 Å².